The zero-order valence-corrected chi connectivity index (χ0v) is 59.8. The van der Waals surface area contributed by atoms with Gasteiger partial charge in [-0.15, -0.1) is 0 Å². The van der Waals surface area contributed by atoms with Crippen LogP contribution in [0.3, 0.4) is 0 Å². The Morgan fingerprint density at radius 2 is 0.472 bits per heavy atom. The highest BCUT2D eigenvalue weighted by Crippen LogP contribution is 2.45. The van der Waals surface area contributed by atoms with E-state index >= 15 is 0 Å². The van der Waals surface area contributed by atoms with Crippen LogP contribution < -0.4 is 0 Å². The van der Waals surface area contributed by atoms with E-state index in [-0.39, 0.29) is 25.7 Å². The van der Waals surface area contributed by atoms with Crippen LogP contribution >= 0.6 is 15.6 Å². The molecule has 17 nitrogen and oxygen atoms in total. The monoisotopic (exact) mass is 1310 g/mol. The van der Waals surface area contributed by atoms with E-state index in [1.165, 1.54) is 141 Å². The Bertz CT molecular complexity index is 1760. The molecule has 0 bridgehead atoms. The van der Waals surface area contributed by atoms with Gasteiger partial charge in [0.15, 0.2) is 12.2 Å². The van der Waals surface area contributed by atoms with Crippen molar-refractivity contribution in [3.8, 4) is 0 Å². The van der Waals surface area contributed by atoms with Crippen LogP contribution in [-0.4, -0.2) is 96.7 Å². The van der Waals surface area contributed by atoms with E-state index in [1.54, 1.807) is 0 Å². The van der Waals surface area contributed by atoms with Crippen molar-refractivity contribution in [2.75, 3.05) is 39.6 Å². The average molecular weight is 1310 g/mol. The molecule has 3 N–H and O–H groups in total. The molecule has 2 unspecified atom stereocenters. The van der Waals surface area contributed by atoms with E-state index in [0.29, 0.717) is 37.5 Å². The molecule has 0 fully saturated rings. The Morgan fingerprint density at radius 1 is 0.281 bits per heavy atom. The fourth-order valence-corrected chi connectivity index (χ4v) is 12.1. The first kappa shape index (κ1) is 87.1. The molecule has 0 aliphatic carbocycles. The molecule has 0 aromatic rings. The molecular weight excluding hydrogens is 1170 g/mol. The van der Waals surface area contributed by atoms with E-state index in [1.807, 2.05) is 0 Å². The van der Waals surface area contributed by atoms with Gasteiger partial charge in [0.2, 0.25) is 0 Å². The topological polar surface area (TPSA) is 237 Å². The first-order chi connectivity index (χ1) is 42.6. The summed E-state index contributed by atoms with van der Waals surface area (Å²) >= 11 is 0. The van der Waals surface area contributed by atoms with E-state index < -0.39 is 97.5 Å². The van der Waals surface area contributed by atoms with Gasteiger partial charge in [0.05, 0.1) is 26.4 Å². The van der Waals surface area contributed by atoms with Crippen molar-refractivity contribution in [3.05, 3.63) is 0 Å². The van der Waals surface area contributed by atoms with Crippen molar-refractivity contribution in [2.24, 2.45) is 23.7 Å². The zero-order chi connectivity index (χ0) is 66.1. The summed E-state index contributed by atoms with van der Waals surface area (Å²) in [6, 6.07) is 0. The molecule has 0 aliphatic rings. The Labute approximate surface area is 543 Å². The number of ether oxygens (including phenoxy) is 4. The highest BCUT2D eigenvalue weighted by Gasteiger charge is 2.30. The Balaban J connectivity index is 5.14. The van der Waals surface area contributed by atoms with Gasteiger partial charge in [0.25, 0.3) is 0 Å². The molecule has 0 rings (SSSR count). The molecule has 0 radical (unpaired) electrons. The molecule has 0 saturated heterocycles. The van der Waals surface area contributed by atoms with E-state index in [2.05, 4.69) is 55.4 Å². The summed E-state index contributed by atoms with van der Waals surface area (Å²) in [6.07, 6.45) is 42.2. The molecule has 528 valence electrons. The minimum absolute atomic E-state index is 0.102. The van der Waals surface area contributed by atoms with Gasteiger partial charge >= 0.3 is 39.5 Å². The number of phosphoric ester groups is 2. The van der Waals surface area contributed by atoms with Gasteiger partial charge in [-0.2, -0.15) is 0 Å². The smallest absolute Gasteiger partial charge is 0.462 e. The third-order valence-corrected chi connectivity index (χ3v) is 18.0. The number of esters is 4. The molecule has 0 spiro atoms. The summed E-state index contributed by atoms with van der Waals surface area (Å²) in [6.45, 7) is 14.0. The fraction of sp³-hybridized carbons (Fsp3) is 0.943. The van der Waals surface area contributed by atoms with Gasteiger partial charge in [0.1, 0.15) is 19.3 Å². The summed E-state index contributed by atoms with van der Waals surface area (Å²) in [5, 5.41) is 10.6. The van der Waals surface area contributed by atoms with Crippen molar-refractivity contribution >= 4 is 39.5 Å². The van der Waals surface area contributed by atoms with Crippen molar-refractivity contribution in [1.29, 1.82) is 0 Å². The lowest BCUT2D eigenvalue weighted by molar-refractivity contribution is -0.161. The highest BCUT2D eigenvalue weighted by atomic mass is 31.2. The molecule has 0 amide bonds. The molecule has 0 aromatic carbocycles. The molecule has 0 saturated carbocycles. The fourth-order valence-electron chi connectivity index (χ4n) is 10.5. The lowest BCUT2D eigenvalue weighted by Gasteiger charge is -2.21. The molecule has 89 heavy (non-hydrogen) atoms. The highest BCUT2D eigenvalue weighted by molar-refractivity contribution is 7.47. The first-order valence-corrected chi connectivity index (χ1v) is 39.2. The van der Waals surface area contributed by atoms with E-state index in [9.17, 15) is 43.2 Å². The van der Waals surface area contributed by atoms with Crippen molar-refractivity contribution in [3.63, 3.8) is 0 Å². The predicted molar refractivity (Wildman–Crippen MR) is 358 cm³/mol. The molecule has 0 aromatic heterocycles. The van der Waals surface area contributed by atoms with Gasteiger partial charge in [-0.3, -0.25) is 37.3 Å². The van der Waals surface area contributed by atoms with Crippen molar-refractivity contribution in [1.82, 2.24) is 0 Å². The maximum Gasteiger partial charge on any atom is 0.472 e. The number of unbranched alkanes of at least 4 members (excludes halogenated alkanes) is 33. The number of hydrogen-bond acceptors (Lipinski definition) is 15. The normalized spacial score (nSPS) is 14.3. The SMILES string of the molecule is CC(C)CCCCCCCCCCCCCCCCCCC(=O)OC[C@H](COP(=O)(O)OC[C@@H](O)COP(=O)(O)OC[C@@H](COC(=O)CCCCCCCCC(C)C)OC(=O)CCCCCCCCCCCC(C)C)OC(=O)CCCCCCCCC(C)C. The van der Waals surface area contributed by atoms with Crippen LogP contribution in [0, 0.1) is 23.7 Å². The van der Waals surface area contributed by atoms with Crippen molar-refractivity contribution in [2.45, 2.75) is 363 Å². The van der Waals surface area contributed by atoms with Crippen LogP contribution in [0.2, 0.25) is 0 Å². The van der Waals surface area contributed by atoms with Gasteiger partial charge in [-0.25, -0.2) is 9.13 Å². The van der Waals surface area contributed by atoms with Crippen LogP contribution in [-0.2, 0) is 65.4 Å². The standard InChI is InChI=1S/C70H136O17P2/c1-60(2)46-38-30-22-18-15-13-11-9-10-12-14-16-20-24-34-42-50-67(72)80-56-66(87-70(75)53-45-37-29-27-33-41-49-63(7)8)59-85-89(78,79)83-55-64(71)54-82-88(76,77)84-58-65(57-81-68(73)51-43-35-28-26-32-40-48-62(5)6)86-69(74)52-44-36-25-21-17-19-23-31-39-47-61(3)4/h60-66,71H,9-59H2,1-8H3,(H,76,77)(H,78,79)/t64-,65+,66+/m0/s1. The summed E-state index contributed by atoms with van der Waals surface area (Å²) in [5.41, 5.74) is 0. The van der Waals surface area contributed by atoms with Crippen LogP contribution in [0.15, 0.2) is 0 Å². The molecule has 5 atom stereocenters. The largest absolute Gasteiger partial charge is 0.472 e. The molecule has 19 heteroatoms. The lowest BCUT2D eigenvalue weighted by atomic mass is 10.0. The minimum Gasteiger partial charge on any atom is -0.462 e. The van der Waals surface area contributed by atoms with Gasteiger partial charge in [0, 0.05) is 25.7 Å². The number of hydrogen-bond donors (Lipinski definition) is 3. The maximum absolute atomic E-state index is 13.0. The number of phosphoric acid groups is 2. The summed E-state index contributed by atoms with van der Waals surface area (Å²) in [7, 11) is -9.90. The average Bonchev–Trinajstić information content (AvgIpc) is 3.66. The minimum atomic E-state index is -4.95. The number of aliphatic hydroxyl groups excluding tert-OH is 1. The summed E-state index contributed by atoms with van der Waals surface area (Å²) < 4.78 is 68.2. The number of rotatable bonds is 67. The third-order valence-electron chi connectivity index (χ3n) is 16.1. The van der Waals surface area contributed by atoms with Crippen molar-refractivity contribution < 1.29 is 80.2 Å². The molecular formula is C70H136O17P2. The van der Waals surface area contributed by atoms with Crippen LogP contribution in [0.4, 0.5) is 0 Å². The van der Waals surface area contributed by atoms with Gasteiger partial charge in [-0.05, 0) is 49.4 Å². The Morgan fingerprint density at radius 3 is 0.697 bits per heavy atom. The second kappa shape index (κ2) is 59.8. The van der Waals surface area contributed by atoms with Gasteiger partial charge < -0.3 is 33.8 Å². The lowest BCUT2D eigenvalue weighted by Crippen LogP contribution is -2.30. The summed E-state index contributed by atoms with van der Waals surface area (Å²) in [4.78, 5) is 72.4. The van der Waals surface area contributed by atoms with Gasteiger partial charge in [-0.1, -0.05) is 293 Å². The second-order valence-corrected chi connectivity index (χ2v) is 30.1. The first-order valence-electron chi connectivity index (χ1n) is 36.2. The zero-order valence-electron chi connectivity index (χ0n) is 58.1. The molecule has 0 aliphatic heterocycles. The number of carbonyl (C=O) groups excluding carboxylic acids is 4. The third kappa shape index (κ3) is 64.6. The quantitative estimate of drug-likeness (QED) is 0.0222. The van der Waals surface area contributed by atoms with Crippen LogP contribution in [0.25, 0.3) is 0 Å². The van der Waals surface area contributed by atoms with Crippen LogP contribution in [0.1, 0.15) is 344 Å². The Hall–Kier alpha value is -1.94. The predicted octanol–water partition coefficient (Wildman–Crippen LogP) is 19.7. The second-order valence-electron chi connectivity index (χ2n) is 27.2. The number of carbonyl (C=O) groups is 4. The molecule has 0 heterocycles. The maximum atomic E-state index is 13.0. The number of aliphatic hydroxyl groups is 1. The summed E-state index contributed by atoms with van der Waals surface area (Å²) in [5.74, 6) is 0.761. The Kier molecular flexibility index (Phi) is 58.5. The van der Waals surface area contributed by atoms with E-state index in [4.69, 9.17) is 37.0 Å². The van der Waals surface area contributed by atoms with E-state index in [0.717, 1.165) is 108 Å². The van der Waals surface area contributed by atoms with Crippen LogP contribution in [0.5, 0.6) is 0 Å².